The molecule has 2 aliphatic heterocycles. The van der Waals surface area contributed by atoms with Crippen LogP contribution in [0.5, 0.6) is 5.75 Å². The van der Waals surface area contributed by atoms with E-state index in [-0.39, 0.29) is 27.4 Å². The van der Waals surface area contributed by atoms with Gasteiger partial charge in [0.05, 0.1) is 23.4 Å². The minimum absolute atomic E-state index is 0.0732. The van der Waals surface area contributed by atoms with Crippen molar-refractivity contribution in [1.29, 1.82) is 0 Å². The quantitative estimate of drug-likeness (QED) is 0.617. The van der Waals surface area contributed by atoms with Gasteiger partial charge in [0.1, 0.15) is 10.6 Å². The van der Waals surface area contributed by atoms with Crippen LogP contribution in [0.2, 0.25) is 5.02 Å². The first-order valence-corrected chi connectivity index (χ1v) is 12.2. The number of benzene rings is 3. The number of hydrogen-bond acceptors (Lipinski definition) is 4. The predicted molar refractivity (Wildman–Crippen MR) is 123 cm³/mol. The van der Waals surface area contributed by atoms with Gasteiger partial charge in [-0.05, 0) is 42.3 Å². The van der Waals surface area contributed by atoms with Gasteiger partial charge in [-0.1, -0.05) is 48.0 Å². The fourth-order valence-corrected chi connectivity index (χ4v) is 6.26. The zero-order chi connectivity index (χ0) is 22.3. The number of nitrogens with one attached hydrogen (secondary N) is 1. The molecule has 32 heavy (non-hydrogen) atoms. The molecule has 1 N–H and O–H groups in total. The molecule has 0 unspecified atom stereocenters. The van der Waals surface area contributed by atoms with Gasteiger partial charge in [0.2, 0.25) is 0 Å². The average Bonchev–Trinajstić information content (AvgIpc) is 3.24. The highest BCUT2D eigenvalue weighted by Gasteiger charge is 2.33. The van der Waals surface area contributed by atoms with Crippen molar-refractivity contribution in [3.8, 4) is 5.75 Å². The van der Waals surface area contributed by atoms with Crippen molar-refractivity contribution in [3.05, 3.63) is 88.4 Å². The van der Waals surface area contributed by atoms with Gasteiger partial charge in [-0.3, -0.25) is 9.10 Å². The summed E-state index contributed by atoms with van der Waals surface area (Å²) in [5, 5.41) is 3.09. The number of carbonyl (C=O) groups is 1. The molecule has 1 atom stereocenters. The van der Waals surface area contributed by atoms with Crippen LogP contribution in [-0.2, 0) is 16.4 Å². The molecular formula is C24H21ClN2O4S. The molecule has 8 heteroatoms. The van der Waals surface area contributed by atoms with E-state index in [9.17, 15) is 13.2 Å². The van der Waals surface area contributed by atoms with Crippen molar-refractivity contribution in [2.45, 2.75) is 23.8 Å². The molecule has 0 aromatic heterocycles. The summed E-state index contributed by atoms with van der Waals surface area (Å²) in [4.78, 5) is 13.0. The summed E-state index contributed by atoms with van der Waals surface area (Å²) in [7, 11) is -3.92. The molecule has 0 bridgehead atoms. The highest BCUT2D eigenvalue weighted by Crippen LogP contribution is 2.36. The van der Waals surface area contributed by atoms with Gasteiger partial charge in [0.15, 0.2) is 0 Å². The molecular weight excluding hydrogens is 448 g/mol. The van der Waals surface area contributed by atoms with E-state index in [2.05, 4.69) is 5.32 Å². The molecule has 1 amide bonds. The van der Waals surface area contributed by atoms with Crippen LogP contribution in [0.15, 0.2) is 71.6 Å². The smallest absolute Gasteiger partial charge is 0.265 e. The first kappa shape index (κ1) is 20.8. The van der Waals surface area contributed by atoms with Crippen LogP contribution in [0.3, 0.4) is 0 Å². The number of anilines is 1. The zero-order valence-electron chi connectivity index (χ0n) is 17.1. The van der Waals surface area contributed by atoms with Crippen LogP contribution >= 0.6 is 11.6 Å². The minimum atomic E-state index is -3.92. The van der Waals surface area contributed by atoms with Crippen LogP contribution in [0.4, 0.5) is 5.69 Å². The average molecular weight is 469 g/mol. The first-order valence-electron chi connectivity index (χ1n) is 10.4. The van der Waals surface area contributed by atoms with Crippen LogP contribution in [-0.4, -0.2) is 27.5 Å². The molecule has 2 aliphatic rings. The number of fused-ring (bicyclic) bond motifs is 2. The second-order valence-corrected chi connectivity index (χ2v) is 10.0. The van der Waals surface area contributed by atoms with E-state index in [0.717, 1.165) is 16.9 Å². The summed E-state index contributed by atoms with van der Waals surface area (Å²) in [6, 6.07) is 19.1. The van der Waals surface area contributed by atoms with Gasteiger partial charge in [0, 0.05) is 24.1 Å². The molecule has 0 saturated heterocycles. The lowest BCUT2D eigenvalue weighted by Gasteiger charge is -2.26. The third kappa shape index (κ3) is 3.61. The number of carbonyl (C=O) groups excluding carboxylic acids is 1. The van der Waals surface area contributed by atoms with Crippen molar-refractivity contribution in [2.24, 2.45) is 0 Å². The SMILES string of the molecule is O=C(N[C@H]1CCOc2ccccc21)c1ccc(Cl)c(S(=O)(=O)N2CCc3ccccc32)c1. The Labute approximate surface area is 191 Å². The fraction of sp³-hybridized carbons (Fsp3) is 0.208. The van der Waals surface area contributed by atoms with E-state index in [0.29, 0.717) is 31.7 Å². The second kappa shape index (κ2) is 8.15. The summed E-state index contributed by atoms with van der Waals surface area (Å²) in [5.41, 5.74) is 2.77. The molecule has 0 saturated carbocycles. The normalized spacial score (nSPS) is 17.3. The predicted octanol–water partition coefficient (Wildman–Crippen LogP) is 4.35. The van der Waals surface area contributed by atoms with E-state index >= 15 is 0 Å². The Balaban J connectivity index is 1.44. The van der Waals surface area contributed by atoms with E-state index in [1.807, 2.05) is 42.5 Å². The maximum Gasteiger partial charge on any atom is 0.265 e. The highest BCUT2D eigenvalue weighted by atomic mass is 35.5. The molecule has 6 nitrogen and oxygen atoms in total. The van der Waals surface area contributed by atoms with Crippen LogP contribution in [0.1, 0.15) is 33.9 Å². The second-order valence-electron chi connectivity index (χ2n) is 7.80. The first-order chi connectivity index (χ1) is 15.4. The molecule has 3 aromatic carbocycles. The number of ether oxygens (including phenoxy) is 1. The van der Waals surface area contributed by atoms with Gasteiger partial charge >= 0.3 is 0 Å². The Morgan fingerprint density at radius 2 is 1.84 bits per heavy atom. The van der Waals surface area contributed by atoms with Crippen molar-refractivity contribution in [1.82, 2.24) is 5.32 Å². The van der Waals surface area contributed by atoms with Gasteiger partial charge in [-0.15, -0.1) is 0 Å². The van der Waals surface area contributed by atoms with Crippen molar-refractivity contribution >= 4 is 33.2 Å². The third-order valence-corrected chi connectivity index (χ3v) is 8.16. The summed E-state index contributed by atoms with van der Waals surface area (Å²) in [6.07, 6.45) is 1.27. The number of halogens is 1. The van der Waals surface area contributed by atoms with Gasteiger partial charge < -0.3 is 10.1 Å². The number of nitrogens with zero attached hydrogens (tertiary/aromatic N) is 1. The van der Waals surface area contributed by atoms with E-state index in [1.165, 1.54) is 16.4 Å². The molecule has 2 heterocycles. The monoisotopic (exact) mass is 468 g/mol. The maximum atomic E-state index is 13.4. The summed E-state index contributed by atoms with van der Waals surface area (Å²) < 4.78 is 33.9. The lowest BCUT2D eigenvalue weighted by molar-refractivity contribution is 0.0924. The molecule has 0 spiro atoms. The van der Waals surface area contributed by atoms with Gasteiger partial charge in [-0.25, -0.2) is 8.42 Å². The standard InChI is InChI=1S/C24H21ClN2O4S/c25-19-10-9-17(24(28)26-20-12-14-31-22-8-4-2-6-18(20)22)15-23(19)32(29,30)27-13-11-16-5-1-3-7-21(16)27/h1-10,15,20H,11-14H2,(H,26,28)/t20-/m0/s1. The zero-order valence-corrected chi connectivity index (χ0v) is 18.7. The lowest BCUT2D eigenvalue weighted by Crippen LogP contribution is -2.33. The third-order valence-electron chi connectivity index (χ3n) is 5.87. The Kier molecular flexibility index (Phi) is 5.31. The van der Waals surface area contributed by atoms with Crippen molar-refractivity contribution in [2.75, 3.05) is 17.5 Å². The molecule has 164 valence electrons. The number of para-hydroxylation sites is 2. The fourth-order valence-electron chi connectivity index (χ4n) is 4.25. The number of hydrogen-bond donors (Lipinski definition) is 1. The van der Waals surface area contributed by atoms with Crippen LogP contribution < -0.4 is 14.4 Å². The molecule has 0 fully saturated rings. The van der Waals surface area contributed by atoms with Gasteiger partial charge in [0.25, 0.3) is 15.9 Å². The largest absolute Gasteiger partial charge is 0.493 e. The Morgan fingerprint density at radius 3 is 2.72 bits per heavy atom. The Morgan fingerprint density at radius 1 is 1.06 bits per heavy atom. The van der Waals surface area contributed by atoms with E-state index < -0.39 is 10.0 Å². The molecule has 5 rings (SSSR count). The summed E-state index contributed by atoms with van der Waals surface area (Å²) >= 11 is 6.30. The van der Waals surface area contributed by atoms with E-state index in [4.69, 9.17) is 16.3 Å². The molecule has 0 radical (unpaired) electrons. The van der Waals surface area contributed by atoms with Crippen molar-refractivity contribution in [3.63, 3.8) is 0 Å². The maximum absolute atomic E-state index is 13.4. The summed E-state index contributed by atoms with van der Waals surface area (Å²) in [5.74, 6) is 0.387. The topological polar surface area (TPSA) is 75.7 Å². The Bertz CT molecular complexity index is 1310. The van der Waals surface area contributed by atoms with Crippen LogP contribution in [0.25, 0.3) is 0 Å². The molecule has 0 aliphatic carbocycles. The van der Waals surface area contributed by atoms with Crippen molar-refractivity contribution < 1.29 is 17.9 Å². The molecule has 3 aromatic rings. The van der Waals surface area contributed by atoms with Crippen LogP contribution in [0, 0.1) is 0 Å². The number of sulfonamides is 1. The lowest BCUT2D eigenvalue weighted by atomic mass is 10.00. The summed E-state index contributed by atoms with van der Waals surface area (Å²) in [6.45, 7) is 0.837. The minimum Gasteiger partial charge on any atom is -0.493 e. The highest BCUT2D eigenvalue weighted by molar-refractivity contribution is 7.93. The number of rotatable bonds is 4. The van der Waals surface area contributed by atoms with E-state index in [1.54, 1.807) is 12.1 Å². The Hall–Kier alpha value is -3.03. The van der Waals surface area contributed by atoms with Gasteiger partial charge in [-0.2, -0.15) is 0 Å². The number of amides is 1.